The molecule has 3 aromatic heterocycles. The number of nitrogen functional groups attached to an aromatic ring is 1. The molecule has 0 bridgehead atoms. The minimum absolute atomic E-state index is 0.265. The van der Waals surface area contributed by atoms with Crippen LogP contribution in [-0.4, -0.2) is 62.5 Å². The molecule has 0 aromatic carbocycles. The molecule has 3 aromatic rings. The van der Waals surface area contributed by atoms with Crippen LogP contribution < -0.4 is 11.1 Å². The van der Waals surface area contributed by atoms with E-state index in [0.717, 1.165) is 43.0 Å². The van der Waals surface area contributed by atoms with Crippen LogP contribution in [0.1, 0.15) is 31.7 Å². The number of nitrogens with zero attached hydrogens (tertiary/aromatic N) is 6. The normalized spacial score (nSPS) is 22.8. The maximum Gasteiger partial charge on any atom is 0.199 e. The summed E-state index contributed by atoms with van der Waals surface area (Å²) in [6.45, 7) is 8.65. The van der Waals surface area contributed by atoms with Crippen molar-refractivity contribution in [2.75, 3.05) is 38.5 Å². The average Bonchev–Trinajstić information content (AvgIpc) is 3.47. The van der Waals surface area contributed by atoms with Crippen LogP contribution in [0, 0.1) is 11.8 Å². The van der Waals surface area contributed by atoms with Crippen molar-refractivity contribution in [1.29, 1.82) is 0 Å². The first-order chi connectivity index (χ1) is 14.7. The third kappa shape index (κ3) is 3.56. The molecule has 0 radical (unpaired) electrons. The van der Waals surface area contributed by atoms with E-state index in [9.17, 15) is 0 Å². The molecule has 0 spiro atoms. The Kier molecular flexibility index (Phi) is 5.39. The number of nitrogens with one attached hydrogen (secondary N) is 1. The van der Waals surface area contributed by atoms with Gasteiger partial charge in [0.05, 0.1) is 11.7 Å². The van der Waals surface area contributed by atoms with E-state index < -0.39 is 0 Å². The summed E-state index contributed by atoms with van der Waals surface area (Å²) in [7, 11) is 0. The predicted molar refractivity (Wildman–Crippen MR) is 115 cm³/mol. The van der Waals surface area contributed by atoms with E-state index in [-0.39, 0.29) is 5.82 Å². The van der Waals surface area contributed by atoms with Crippen molar-refractivity contribution in [3.63, 3.8) is 0 Å². The molecule has 9 heteroatoms. The number of imidazole rings is 1. The molecule has 5 rings (SSSR count). The van der Waals surface area contributed by atoms with Gasteiger partial charge in [-0.25, -0.2) is 9.61 Å². The Morgan fingerprint density at radius 1 is 1.17 bits per heavy atom. The van der Waals surface area contributed by atoms with Crippen molar-refractivity contribution in [2.45, 2.75) is 39.2 Å². The highest BCUT2D eigenvalue weighted by Crippen LogP contribution is 2.37. The van der Waals surface area contributed by atoms with Gasteiger partial charge in [0.25, 0.3) is 0 Å². The van der Waals surface area contributed by atoms with E-state index >= 15 is 0 Å². The van der Waals surface area contributed by atoms with Crippen molar-refractivity contribution in [2.24, 2.45) is 11.8 Å². The van der Waals surface area contributed by atoms with Crippen molar-refractivity contribution >= 4 is 16.9 Å². The zero-order chi connectivity index (χ0) is 20.5. The van der Waals surface area contributed by atoms with E-state index in [1.54, 1.807) is 0 Å². The Labute approximate surface area is 176 Å². The molecule has 1 aliphatic carbocycles. The minimum atomic E-state index is 0.265. The fraction of sp³-hybridized carbons (Fsp3) is 0.619. The monoisotopic (exact) mass is 410 g/mol. The summed E-state index contributed by atoms with van der Waals surface area (Å²) >= 11 is 0. The van der Waals surface area contributed by atoms with Crippen LogP contribution in [-0.2, 0) is 13.0 Å². The fourth-order valence-electron chi connectivity index (χ4n) is 5.28. The van der Waals surface area contributed by atoms with Gasteiger partial charge in [-0.15, -0.1) is 0 Å². The minimum Gasteiger partial charge on any atom is -0.379 e. The lowest BCUT2D eigenvalue weighted by molar-refractivity contribution is 0.185. The zero-order valence-electron chi connectivity index (χ0n) is 17.5. The van der Waals surface area contributed by atoms with E-state index in [4.69, 9.17) is 15.3 Å². The van der Waals surface area contributed by atoms with Gasteiger partial charge < -0.3 is 20.5 Å². The van der Waals surface area contributed by atoms with Gasteiger partial charge in [-0.05, 0) is 53.9 Å². The first-order valence-electron chi connectivity index (χ1n) is 11.1. The van der Waals surface area contributed by atoms with Gasteiger partial charge in [0.2, 0.25) is 0 Å². The molecule has 1 saturated heterocycles. The van der Waals surface area contributed by atoms with E-state index in [2.05, 4.69) is 37.0 Å². The molecule has 2 fully saturated rings. The van der Waals surface area contributed by atoms with Gasteiger partial charge in [-0.3, -0.25) is 4.98 Å². The summed E-state index contributed by atoms with van der Waals surface area (Å²) in [6, 6.07) is 0. The molecule has 2 atom stereocenters. The number of nitrogens with two attached hydrogens (primary N) is 1. The van der Waals surface area contributed by atoms with Crippen molar-refractivity contribution < 1.29 is 4.63 Å². The average molecular weight is 411 g/mol. The Morgan fingerprint density at radius 3 is 2.77 bits per heavy atom. The summed E-state index contributed by atoms with van der Waals surface area (Å²) in [5, 5.41) is 11.2. The van der Waals surface area contributed by atoms with Crippen molar-refractivity contribution in [1.82, 2.24) is 35.1 Å². The Balaban J connectivity index is 1.44. The number of rotatable bonds is 6. The summed E-state index contributed by atoms with van der Waals surface area (Å²) in [4.78, 5) is 11.9. The number of fused-ring (bicyclic) bond motifs is 1. The Morgan fingerprint density at radius 2 is 2.00 bits per heavy atom. The molecule has 1 saturated carbocycles. The van der Waals surface area contributed by atoms with Crippen LogP contribution >= 0.6 is 0 Å². The highest BCUT2D eigenvalue weighted by Gasteiger charge is 2.30. The molecular formula is C21H30N8O. The standard InChI is InChI=1S/C21H30N8O/c1-2-29-19-16(10-14-4-3-5-15(14)13-28-8-6-23-7-9-28)11-24-12-17(19)25-21(29)18-20(22)27-30-26-18/h11-12,14-15,23H,2-10,13H2,1H3,(H2,22,27)/t14-,15+/m1/s1. The number of anilines is 1. The lowest BCUT2D eigenvalue weighted by Gasteiger charge is -2.31. The molecule has 2 aliphatic rings. The van der Waals surface area contributed by atoms with Crippen molar-refractivity contribution in [3.05, 3.63) is 18.0 Å². The van der Waals surface area contributed by atoms with E-state index in [1.807, 2.05) is 12.4 Å². The number of pyridine rings is 1. The Hall–Kier alpha value is -2.52. The number of aromatic nitrogens is 5. The second kappa shape index (κ2) is 8.31. The second-order valence-corrected chi connectivity index (χ2v) is 8.55. The van der Waals surface area contributed by atoms with Crippen LogP contribution in [0.3, 0.4) is 0 Å². The van der Waals surface area contributed by atoms with Gasteiger partial charge in [0, 0.05) is 45.5 Å². The fourth-order valence-corrected chi connectivity index (χ4v) is 5.28. The van der Waals surface area contributed by atoms with Crippen LogP contribution in [0.4, 0.5) is 5.82 Å². The first-order valence-corrected chi connectivity index (χ1v) is 11.1. The summed E-state index contributed by atoms with van der Waals surface area (Å²) < 4.78 is 6.99. The third-order valence-corrected chi connectivity index (χ3v) is 6.77. The van der Waals surface area contributed by atoms with E-state index in [0.29, 0.717) is 17.4 Å². The van der Waals surface area contributed by atoms with Crippen LogP contribution in [0.2, 0.25) is 0 Å². The van der Waals surface area contributed by atoms with Gasteiger partial charge in [-0.1, -0.05) is 6.42 Å². The molecule has 3 N–H and O–H groups in total. The highest BCUT2D eigenvalue weighted by atomic mass is 16.6. The predicted octanol–water partition coefficient (Wildman–Crippen LogP) is 1.95. The molecule has 30 heavy (non-hydrogen) atoms. The second-order valence-electron chi connectivity index (χ2n) is 8.55. The van der Waals surface area contributed by atoms with Crippen molar-refractivity contribution in [3.8, 4) is 11.5 Å². The summed E-state index contributed by atoms with van der Waals surface area (Å²) in [5.74, 6) is 2.41. The van der Waals surface area contributed by atoms with Gasteiger partial charge >= 0.3 is 0 Å². The third-order valence-electron chi connectivity index (χ3n) is 6.77. The molecule has 4 heterocycles. The Bertz CT molecular complexity index is 1010. The molecule has 1 aliphatic heterocycles. The first kappa shape index (κ1) is 19.4. The number of piperazine rings is 1. The molecule has 9 nitrogen and oxygen atoms in total. The van der Waals surface area contributed by atoms with Gasteiger partial charge in [-0.2, -0.15) is 0 Å². The summed E-state index contributed by atoms with van der Waals surface area (Å²) in [6.07, 6.45) is 8.83. The number of aryl methyl sites for hydroxylation is 1. The highest BCUT2D eigenvalue weighted by molar-refractivity contribution is 5.83. The summed E-state index contributed by atoms with van der Waals surface area (Å²) in [5.41, 5.74) is 9.73. The smallest absolute Gasteiger partial charge is 0.199 e. The van der Waals surface area contributed by atoms with Gasteiger partial charge in [0.15, 0.2) is 17.3 Å². The number of hydrogen-bond donors (Lipinski definition) is 2. The van der Waals surface area contributed by atoms with Crippen LogP contribution in [0.25, 0.3) is 22.6 Å². The molecule has 160 valence electrons. The molecule has 0 unspecified atom stereocenters. The molecule has 0 amide bonds. The van der Waals surface area contributed by atoms with E-state index in [1.165, 1.54) is 44.5 Å². The lowest BCUT2D eigenvalue weighted by Crippen LogP contribution is -2.45. The SMILES string of the molecule is CCn1c(-c2nonc2N)nc2cncc(C[C@H]3CCC[C@H]3CN3CCNCC3)c21. The zero-order valence-corrected chi connectivity index (χ0v) is 17.5. The topological polar surface area (TPSA) is 111 Å². The van der Waals surface area contributed by atoms with Crippen LogP contribution in [0.5, 0.6) is 0 Å². The van der Waals surface area contributed by atoms with Crippen LogP contribution in [0.15, 0.2) is 17.0 Å². The maximum absolute atomic E-state index is 5.95. The lowest BCUT2D eigenvalue weighted by atomic mass is 9.89. The quantitative estimate of drug-likeness (QED) is 0.634. The largest absolute Gasteiger partial charge is 0.379 e. The molecular weight excluding hydrogens is 380 g/mol. The number of hydrogen-bond acceptors (Lipinski definition) is 8. The van der Waals surface area contributed by atoms with Gasteiger partial charge in [0.1, 0.15) is 5.52 Å². The maximum atomic E-state index is 5.95.